The minimum atomic E-state index is -2.24. The minimum absolute atomic E-state index is 0.00961. The fourth-order valence-corrected chi connectivity index (χ4v) is 3.79. The summed E-state index contributed by atoms with van der Waals surface area (Å²) >= 11 is 6.16. The maximum atomic E-state index is 12.6. The van der Waals surface area contributed by atoms with E-state index in [1.807, 2.05) is 31.3 Å². The lowest BCUT2D eigenvalue weighted by Crippen LogP contribution is -2.40. The largest absolute Gasteiger partial charge is 0.372 e. The van der Waals surface area contributed by atoms with Gasteiger partial charge in [0.1, 0.15) is 5.17 Å². The Kier molecular flexibility index (Phi) is 5.82. The van der Waals surface area contributed by atoms with Crippen LogP contribution in [0.2, 0.25) is 0 Å². The van der Waals surface area contributed by atoms with Crippen molar-refractivity contribution in [1.29, 1.82) is 0 Å². The molecule has 26 heavy (non-hydrogen) atoms. The lowest BCUT2D eigenvalue weighted by Gasteiger charge is -2.33. The van der Waals surface area contributed by atoms with Gasteiger partial charge in [0.25, 0.3) is 0 Å². The van der Waals surface area contributed by atoms with Crippen LogP contribution in [0, 0.1) is 5.92 Å². The highest BCUT2D eigenvalue weighted by Gasteiger charge is 2.28. The second-order valence-electron chi connectivity index (χ2n) is 7.29. The smallest absolute Gasteiger partial charge is 0.238 e. The molecule has 142 valence electrons. The molecule has 0 spiro atoms. The third kappa shape index (κ3) is 4.35. The van der Waals surface area contributed by atoms with Gasteiger partial charge in [-0.15, -0.1) is 0 Å². The van der Waals surface area contributed by atoms with Crippen LogP contribution >= 0.6 is 11.6 Å². The molecule has 0 aromatic carbocycles. The van der Waals surface area contributed by atoms with Crippen molar-refractivity contribution in [3.05, 3.63) is 47.0 Å². The van der Waals surface area contributed by atoms with Crippen molar-refractivity contribution in [2.24, 2.45) is 10.9 Å². The number of aliphatic imine (C=N–C) groups is 1. The first-order valence-corrected chi connectivity index (χ1v) is 9.24. The number of nitrogens with one attached hydrogen (secondary N) is 1. The van der Waals surface area contributed by atoms with Gasteiger partial charge < -0.3 is 9.91 Å². The van der Waals surface area contributed by atoms with Gasteiger partial charge in [-0.1, -0.05) is 18.5 Å². The van der Waals surface area contributed by atoms with Crippen molar-refractivity contribution in [2.45, 2.75) is 39.2 Å². The van der Waals surface area contributed by atoms with Crippen LogP contribution < -0.4 is 5.43 Å². The summed E-state index contributed by atoms with van der Waals surface area (Å²) in [5.74, 6) is -0.00961. The van der Waals surface area contributed by atoms with E-state index in [-0.39, 0.29) is 18.4 Å². The predicted octanol–water partition coefficient (Wildman–Crippen LogP) is 4.05. The lowest BCUT2D eigenvalue weighted by molar-refractivity contribution is 0.117. The van der Waals surface area contributed by atoms with E-state index in [4.69, 9.17) is 11.6 Å². The number of likely N-dealkylation sites (N-methyl/N-ethyl adjacent to an activating group) is 1. The lowest BCUT2D eigenvalue weighted by atomic mass is 9.92. The quantitative estimate of drug-likeness (QED) is 0.751. The van der Waals surface area contributed by atoms with Crippen LogP contribution in [-0.2, 0) is 0 Å². The Morgan fingerprint density at radius 2 is 2.19 bits per heavy atom. The zero-order valence-corrected chi connectivity index (χ0v) is 16.1. The highest BCUT2D eigenvalue weighted by molar-refractivity contribution is 6.70. The molecule has 0 saturated heterocycles. The van der Waals surface area contributed by atoms with Crippen molar-refractivity contribution in [2.75, 3.05) is 20.1 Å². The highest BCUT2D eigenvalue weighted by Crippen LogP contribution is 2.28. The van der Waals surface area contributed by atoms with Gasteiger partial charge in [-0.25, -0.2) is 19.2 Å². The molecule has 0 aliphatic carbocycles. The standard InChI is InChI=1S/C19H25ClF2N4/c1-12(7-18(21)22)6-14-9-25(3)15(8-13(14)2)10-26-11-16-17(24-26)4-5-23-19(16)20/h4-5,8,11-12,17-18,24H,6-7,9-10H2,1-3H3. The number of hydrogen-bond acceptors (Lipinski definition) is 4. The topological polar surface area (TPSA) is 30.9 Å². The first kappa shape index (κ1) is 19.1. The van der Waals surface area contributed by atoms with Gasteiger partial charge in [0.05, 0.1) is 12.6 Å². The molecule has 0 aromatic heterocycles. The summed E-state index contributed by atoms with van der Waals surface area (Å²) in [5.41, 5.74) is 7.96. The Morgan fingerprint density at radius 1 is 1.42 bits per heavy atom. The number of hydrazine groups is 1. The number of hydrogen-bond donors (Lipinski definition) is 1. The van der Waals surface area contributed by atoms with Crippen LogP contribution in [0.5, 0.6) is 0 Å². The predicted molar refractivity (Wildman–Crippen MR) is 102 cm³/mol. The molecule has 0 saturated carbocycles. The molecule has 4 nitrogen and oxygen atoms in total. The van der Waals surface area contributed by atoms with Gasteiger partial charge >= 0.3 is 0 Å². The monoisotopic (exact) mass is 382 g/mol. The minimum Gasteiger partial charge on any atom is -0.372 e. The Morgan fingerprint density at radius 3 is 2.88 bits per heavy atom. The summed E-state index contributed by atoms with van der Waals surface area (Å²) in [4.78, 5) is 6.31. The van der Waals surface area contributed by atoms with Gasteiger partial charge in [-0.3, -0.25) is 0 Å². The molecule has 0 aromatic rings. The average Bonchev–Trinajstić information content (AvgIpc) is 2.95. The summed E-state index contributed by atoms with van der Waals surface area (Å²) < 4.78 is 25.2. The second kappa shape index (κ2) is 7.92. The fraction of sp³-hybridized carbons (Fsp3) is 0.526. The Labute approximate surface area is 158 Å². The molecule has 0 radical (unpaired) electrons. The van der Waals surface area contributed by atoms with Gasteiger partial charge in [0, 0.05) is 43.7 Å². The Hall–Kier alpha value is -1.66. The van der Waals surface area contributed by atoms with Crippen LogP contribution in [-0.4, -0.2) is 47.7 Å². The number of allylic oxidation sites excluding steroid dienone is 2. The normalized spacial score (nSPS) is 24.0. The fourth-order valence-electron chi connectivity index (χ4n) is 3.57. The van der Waals surface area contributed by atoms with E-state index >= 15 is 0 Å². The van der Waals surface area contributed by atoms with E-state index in [1.54, 1.807) is 6.20 Å². The van der Waals surface area contributed by atoms with E-state index in [0.717, 1.165) is 18.5 Å². The van der Waals surface area contributed by atoms with Crippen molar-refractivity contribution in [3.63, 3.8) is 0 Å². The van der Waals surface area contributed by atoms with Gasteiger partial charge in [0.15, 0.2) is 0 Å². The Balaban J connectivity index is 1.67. The van der Waals surface area contributed by atoms with Gasteiger partial charge in [-0.2, -0.15) is 0 Å². The highest BCUT2D eigenvalue weighted by atomic mass is 35.5. The zero-order chi connectivity index (χ0) is 18.8. The molecular formula is C19H25ClF2N4. The van der Waals surface area contributed by atoms with E-state index in [9.17, 15) is 8.78 Å². The molecule has 3 rings (SSSR count). The summed E-state index contributed by atoms with van der Waals surface area (Å²) in [6.45, 7) is 5.44. The van der Waals surface area contributed by atoms with Gasteiger partial charge in [-0.05, 0) is 42.6 Å². The van der Waals surface area contributed by atoms with Crippen molar-refractivity contribution in [3.8, 4) is 0 Å². The van der Waals surface area contributed by atoms with Crippen LogP contribution in [0.25, 0.3) is 0 Å². The van der Waals surface area contributed by atoms with Crippen LogP contribution in [0.15, 0.2) is 52.0 Å². The molecule has 3 heterocycles. The molecular weight excluding hydrogens is 358 g/mol. The first-order valence-electron chi connectivity index (χ1n) is 8.87. The molecule has 3 aliphatic heterocycles. The summed E-state index contributed by atoms with van der Waals surface area (Å²) in [6, 6.07) is 0.0666. The molecule has 2 atom stereocenters. The van der Waals surface area contributed by atoms with Crippen LogP contribution in [0.3, 0.4) is 0 Å². The van der Waals surface area contributed by atoms with Gasteiger partial charge in [0.2, 0.25) is 6.43 Å². The molecule has 0 bridgehead atoms. The number of nitrogens with zero attached hydrogens (tertiary/aromatic N) is 3. The number of rotatable bonds is 6. The molecule has 2 unspecified atom stereocenters. The summed E-state index contributed by atoms with van der Waals surface area (Å²) in [5, 5.41) is 2.54. The van der Waals surface area contributed by atoms with Crippen molar-refractivity contribution in [1.82, 2.24) is 15.3 Å². The summed E-state index contributed by atoms with van der Waals surface area (Å²) in [6.07, 6.45) is 6.28. The Bertz CT molecular complexity index is 708. The van der Waals surface area contributed by atoms with E-state index in [0.29, 0.717) is 11.7 Å². The van der Waals surface area contributed by atoms with E-state index in [1.165, 1.54) is 16.8 Å². The molecule has 7 heteroatoms. The zero-order valence-electron chi connectivity index (χ0n) is 15.3. The first-order chi connectivity index (χ1) is 12.3. The second-order valence-corrected chi connectivity index (χ2v) is 7.65. The van der Waals surface area contributed by atoms with Crippen molar-refractivity contribution >= 4 is 16.8 Å². The molecule has 0 fully saturated rings. The molecule has 3 aliphatic rings. The maximum Gasteiger partial charge on any atom is 0.238 e. The number of alkyl halides is 2. The van der Waals surface area contributed by atoms with Crippen LogP contribution in [0.1, 0.15) is 26.7 Å². The van der Waals surface area contributed by atoms with Crippen LogP contribution in [0.4, 0.5) is 8.78 Å². The third-order valence-electron chi connectivity index (χ3n) is 5.01. The van der Waals surface area contributed by atoms with Crippen molar-refractivity contribution < 1.29 is 8.78 Å². The third-order valence-corrected chi connectivity index (χ3v) is 5.32. The molecule has 0 amide bonds. The average molecular weight is 383 g/mol. The molecule has 1 N–H and O–H groups in total. The number of fused-ring (bicyclic) bond motifs is 1. The number of halogens is 3. The van der Waals surface area contributed by atoms with E-state index < -0.39 is 6.43 Å². The maximum absolute atomic E-state index is 12.6. The summed E-state index contributed by atoms with van der Waals surface area (Å²) in [7, 11) is 2.04. The van der Waals surface area contributed by atoms with E-state index in [2.05, 4.69) is 28.3 Å². The SMILES string of the molecule is CC1=C(CC(C)CC(F)F)CN(C)C(CN2C=C3C(Cl)=NC=CC3N2)=C1.